The maximum atomic E-state index is 13.6. The molecule has 1 aliphatic rings. The van der Waals surface area contributed by atoms with E-state index in [1.807, 2.05) is 25.1 Å². The van der Waals surface area contributed by atoms with Crippen LogP contribution in [0.3, 0.4) is 0 Å². The van der Waals surface area contributed by atoms with Crippen LogP contribution < -0.4 is 10.0 Å². The van der Waals surface area contributed by atoms with Crippen LogP contribution in [-0.2, 0) is 28.8 Å². The summed E-state index contributed by atoms with van der Waals surface area (Å²) in [5, 5.41) is 2.93. The summed E-state index contributed by atoms with van der Waals surface area (Å²) in [6.07, 6.45) is 2.30. The number of halogens is 2. The molecule has 178 valence electrons. The van der Waals surface area contributed by atoms with Crippen LogP contribution in [0.4, 0.5) is 14.5 Å². The number of anilines is 1. The van der Waals surface area contributed by atoms with Crippen molar-refractivity contribution in [1.82, 2.24) is 4.72 Å². The first-order chi connectivity index (χ1) is 15.9. The summed E-state index contributed by atoms with van der Waals surface area (Å²) in [7, 11) is -3.30. The van der Waals surface area contributed by atoms with Crippen molar-refractivity contribution in [2.24, 2.45) is 0 Å². The number of sulfonamides is 1. The van der Waals surface area contributed by atoms with Crippen molar-refractivity contribution in [3.63, 3.8) is 0 Å². The molecule has 3 aromatic rings. The fourth-order valence-electron chi connectivity index (χ4n) is 4.45. The number of fused-ring (bicyclic) bond motifs is 1. The van der Waals surface area contributed by atoms with Gasteiger partial charge in [0, 0.05) is 29.8 Å². The summed E-state index contributed by atoms with van der Waals surface area (Å²) >= 11 is 0. The summed E-state index contributed by atoms with van der Waals surface area (Å²) < 4.78 is 53.0. The second-order valence-corrected chi connectivity index (χ2v) is 10.7. The number of hydrogen-bond acceptors (Lipinski definition) is 3. The Morgan fingerprint density at radius 2 is 1.68 bits per heavy atom. The third-order valence-electron chi connectivity index (χ3n) is 5.98. The molecule has 34 heavy (non-hydrogen) atoms. The van der Waals surface area contributed by atoms with Crippen molar-refractivity contribution in [2.75, 3.05) is 11.6 Å². The molecule has 4 rings (SSSR count). The molecule has 5 nitrogen and oxygen atoms in total. The molecule has 0 bridgehead atoms. The van der Waals surface area contributed by atoms with Gasteiger partial charge in [-0.1, -0.05) is 42.5 Å². The molecule has 0 fully saturated rings. The minimum Gasteiger partial charge on any atom is -0.322 e. The molecule has 1 aliphatic carbocycles. The van der Waals surface area contributed by atoms with E-state index < -0.39 is 15.9 Å². The number of nitrogens with one attached hydrogen (secondary N) is 2. The molecule has 0 heterocycles. The number of benzene rings is 3. The van der Waals surface area contributed by atoms with Gasteiger partial charge in [0.15, 0.2) is 0 Å². The van der Waals surface area contributed by atoms with Gasteiger partial charge in [-0.15, -0.1) is 0 Å². The van der Waals surface area contributed by atoms with E-state index >= 15 is 0 Å². The van der Waals surface area contributed by atoms with E-state index in [0.29, 0.717) is 35.2 Å². The summed E-state index contributed by atoms with van der Waals surface area (Å²) in [5.41, 5.74) is 5.21. The second-order valence-electron chi connectivity index (χ2n) is 8.90. The Balaban J connectivity index is 1.58. The maximum absolute atomic E-state index is 13.6. The van der Waals surface area contributed by atoms with E-state index in [-0.39, 0.29) is 17.5 Å². The average Bonchev–Trinajstić information content (AvgIpc) is 3.12. The molecule has 0 aromatic heterocycles. The number of alkyl halides is 2. The van der Waals surface area contributed by atoms with Crippen LogP contribution in [0.2, 0.25) is 0 Å². The average molecular weight is 485 g/mol. The molecule has 2 N–H and O–H groups in total. The van der Waals surface area contributed by atoms with Gasteiger partial charge in [-0.05, 0) is 65.8 Å². The third kappa shape index (κ3) is 5.34. The van der Waals surface area contributed by atoms with Gasteiger partial charge >= 0.3 is 0 Å². The van der Waals surface area contributed by atoms with Crippen molar-refractivity contribution in [3.05, 3.63) is 88.5 Å². The number of hydrogen-bond donors (Lipinski definition) is 2. The van der Waals surface area contributed by atoms with Crippen LogP contribution in [0.5, 0.6) is 0 Å². The van der Waals surface area contributed by atoms with Gasteiger partial charge in [-0.25, -0.2) is 21.9 Å². The van der Waals surface area contributed by atoms with Gasteiger partial charge < -0.3 is 5.32 Å². The van der Waals surface area contributed by atoms with Crippen molar-refractivity contribution in [3.8, 4) is 11.1 Å². The molecule has 1 atom stereocenters. The quantitative estimate of drug-likeness (QED) is 0.515. The Morgan fingerprint density at radius 1 is 1.00 bits per heavy atom. The Kier molecular flexibility index (Phi) is 6.31. The van der Waals surface area contributed by atoms with Crippen LogP contribution in [-0.4, -0.2) is 26.6 Å². The molecular weight excluding hydrogens is 458 g/mol. The van der Waals surface area contributed by atoms with Gasteiger partial charge in [0.1, 0.15) is 0 Å². The predicted octanol–water partition coefficient (Wildman–Crippen LogP) is 5.04. The van der Waals surface area contributed by atoms with E-state index in [4.69, 9.17) is 0 Å². The highest BCUT2D eigenvalue weighted by Gasteiger charge is 2.26. The first kappa shape index (κ1) is 24.0. The normalized spacial score (nSPS) is 15.7. The minimum atomic E-state index is -3.30. The van der Waals surface area contributed by atoms with Crippen molar-refractivity contribution in [2.45, 2.75) is 38.7 Å². The van der Waals surface area contributed by atoms with Gasteiger partial charge in [0.25, 0.3) is 11.8 Å². The van der Waals surface area contributed by atoms with Crippen LogP contribution >= 0.6 is 0 Å². The van der Waals surface area contributed by atoms with Crippen LogP contribution in [0.1, 0.15) is 39.5 Å². The van der Waals surface area contributed by atoms with Gasteiger partial charge in [0.2, 0.25) is 10.0 Å². The lowest BCUT2D eigenvalue weighted by atomic mass is 9.93. The van der Waals surface area contributed by atoms with Crippen molar-refractivity contribution < 1.29 is 22.0 Å². The smallest absolute Gasteiger partial charge is 0.270 e. The van der Waals surface area contributed by atoms with Gasteiger partial charge in [0.05, 0.1) is 6.26 Å². The zero-order chi connectivity index (χ0) is 24.7. The SMILES string of the molecule is Cc1cccc(C(=O)Nc2ccc3c(c2)C[C@@H](NS(C)(=O)=O)C3)c1-c1ccc(C(C)(F)F)cc1. The molecule has 0 spiro atoms. The predicted molar refractivity (Wildman–Crippen MR) is 130 cm³/mol. The molecule has 8 heteroatoms. The molecule has 0 unspecified atom stereocenters. The first-order valence-corrected chi connectivity index (χ1v) is 12.8. The monoisotopic (exact) mass is 484 g/mol. The Morgan fingerprint density at radius 3 is 2.32 bits per heavy atom. The fraction of sp³-hybridized carbons (Fsp3) is 0.269. The minimum absolute atomic E-state index is 0.0855. The lowest BCUT2D eigenvalue weighted by Crippen LogP contribution is -2.34. The number of carbonyl (C=O) groups excluding carboxylic acids is 1. The molecular formula is C26H26F2N2O3S. The number of carbonyl (C=O) groups is 1. The topological polar surface area (TPSA) is 75.3 Å². The van der Waals surface area contributed by atoms with Crippen LogP contribution in [0.15, 0.2) is 60.7 Å². The lowest BCUT2D eigenvalue weighted by Gasteiger charge is -2.15. The first-order valence-electron chi connectivity index (χ1n) is 10.9. The molecule has 0 radical (unpaired) electrons. The molecule has 0 saturated heterocycles. The van der Waals surface area contributed by atoms with Crippen molar-refractivity contribution >= 4 is 21.6 Å². The number of aryl methyl sites for hydroxylation is 1. The number of amides is 1. The molecule has 1 amide bonds. The summed E-state index contributed by atoms with van der Waals surface area (Å²) in [6.45, 7) is 2.73. The molecule has 0 saturated carbocycles. The lowest BCUT2D eigenvalue weighted by molar-refractivity contribution is 0.0175. The molecule has 0 aliphatic heterocycles. The number of rotatable bonds is 6. The largest absolute Gasteiger partial charge is 0.322 e. The van der Waals surface area contributed by atoms with E-state index in [1.165, 1.54) is 12.1 Å². The Bertz CT molecular complexity index is 1350. The highest BCUT2D eigenvalue weighted by Crippen LogP contribution is 2.33. The Hall–Kier alpha value is -3.10. The zero-order valence-corrected chi connectivity index (χ0v) is 20.0. The van der Waals surface area contributed by atoms with Gasteiger partial charge in [-0.3, -0.25) is 4.79 Å². The van der Waals surface area contributed by atoms with Crippen LogP contribution in [0, 0.1) is 6.92 Å². The maximum Gasteiger partial charge on any atom is 0.270 e. The van der Waals surface area contributed by atoms with E-state index in [2.05, 4.69) is 10.0 Å². The van der Waals surface area contributed by atoms with E-state index in [9.17, 15) is 22.0 Å². The molecule has 3 aromatic carbocycles. The summed E-state index contributed by atoms with van der Waals surface area (Å²) in [4.78, 5) is 13.2. The van der Waals surface area contributed by atoms with E-state index in [1.54, 1.807) is 30.3 Å². The standard InChI is InChI=1S/C26H26F2N2O3S/c1-16-5-4-6-23(24(16)17-7-10-20(11-8-17)26(2,27)28)25(31)29-21-12-9-18-13-22(15-19(18)14-21)30-34(3,32)33/h4-12,14,22,30H,13,15H2,1-3H3,(H,29,31)/t22-/m0/s1. The summed E-state index contributed by atoms with van der Waals surface area (Å²) in [5.74, 6) is -3.25. The van der Waals surface area contributed by atoms with Crippen molar-refractivity contribution in [1.29, 1.82) is 0 Å². The Labute approximate surface area is 198 Å². The van der Waals surface area contributed by atoms with Gasteiger partial charge in [-0.2, -0.15) is 0 Å². The van der Waals surface area contributed by atoms with Crippen LogP contribution in [0.25, 0.3) is 11.1 Å². The summed E-state index contributed by atoms with van der Waals surface area (Å²) in [6, 6.07) is 16.7. The zero-order valence-electron chi connectivity index (χ0n) is 19.2. The van der Waals surface area contributed by atoms with E-state index in [0.717, 1.165) is 29.9 Å². The highest BCUT2D eigenvalue weighted by molar-refractivity contribution is 7.88. The second kappa shape index (κ2) is 8.92. The third-order valence-corrected chi connectivity index (χ3v) is 6.74. The highest BCUT2D eigenvalue weighted by atomic mass is 32.2. The fourth-order valence-corrected chi connectivity index (χ4v) is 5.22.